The molecule has 1 aliphatic rings. The highest BCUT2D eigenvalue weighted by atomic mass is 28.4. The van der Waals surface area contributed by atoms with E-state index in [0.717, 1.165) is 12.1 Å². The van der Waals surface area contributed by atoms with E-state index in [4.69, 9.17) is 9.16 Å². The van der Waals surface area contributed by atoms with E-state index in [9.17, 15) is 4.79 Å². The van der Waals surface area contributed by atoms with Gasteiger partial charge in [-0.1, -0.05) is 20.8 Å². The predicted octanol–water partition coefficient (Wildman–Crippen LogP) is 5.15. The summed E-state index contributed by atoms with van der Waals surface area (Å²) >= 11 is 0. The van der Waals surface area contributed by atoms with Crippen molar-refractivity contribution in [1.29, 1.82) is 0 Å². The molecule has 0 spiro atoms. The molecule has 1 aromatic rings. The first-order valence-electron chi connectivity index (χ1n) is 10.1. The summed E-state index contributed by atoms with van der Waals surface area (Å²) in [6, 6.07) is 4.37. The fourth-order valence-electron chi connectivity index (χ4n) is 3.20. The van der Waals surface area contributed by atoms with Gasteiger partial charge in [0.25, 0.3) is 0 Å². The monoisotopic (exact) mass is 391 g/mol. The molecule has 0 bridgehead atoms. The molecule has 2 rings (SSSR count). The number of ether oxygens (including phenoxy) is 1. The first-order chi connectivity index (χ1) is 12.4. The number of amides is 1. The molecule has 0 radical (unpaired) electrons. The molecule has 0 unspecified atom stereocenters. The summed E-state index contributed by atoms with van der Waals surface area (Å²) in [6.45, 7) is 19.4. The summed E-state index contributed by atoms with van der Waals surface area (Å²) in [5, 5.41) is 0.211. The lowest BCUT2D eigenvalue weighted by atomic mass is 10.0. The van der Waals surface area contributed by atoms with Crippen LogP contribution in [0.1, 0.15) is 50.3 Å². The van der Waals surface area contributed by atoms with Crippen molar-refractivity contribution in [2.75, 3.05) is 24.7 Å². The number of hydrogen-bond donors (Lipinski definition) is 0. The Hall–Kier alpha value is -1.17. The lowest BCUT2D eigenvalue weighted by Gasteiger charge is -2.36. The van der Waals surface area contributed by atoms with Crippen LogP contribution in [-0.2, 0) is 14.0 Å². The molecule has 0 aromatic heterocycles. The third kappa shape index (κ3) is 5.21. The van der Waals surface area contributed by atoms with Crippen LogP contribution in [0.5, 0.6) is 0 Å². The number of nitrogens with zero attached hydrogens (tertiary/aromatic N) is 1. The maximum Gasteiger partial charge on any atom is 0.227 e. The summed E-state index contributed by atoms with van der Waals surface area (Å²) in [7, 11) is -1.73. The molecule has 27 heavy (non-hydrogen) atoms. The maximum atomic E-state index is 12.5. The zero-order valence-corrected chi connectivity index (χ0v) is 19.4. The summed E-state index contributed by atoms with van der Waals surface area (Å²) in [4.78, 5) is 14.4. The summed E-state index contributed by atoms with van der Waals surface area (Å²) in [5.74, 6) is 0.198. The Labute approximate surface area is 166 Å². The molecule has 0 saturated carbocycles. The lowest BCUT2D eigenvalue weighted by molar-refractivity contribution is -0.117. The Balaban J connectivity index is 1.92. The van der Waals surface area contributed by atoms with Crippen LogP contribution in [0.15, 0.2) is 12.1 Å². The molecular formula is C22H37NO3Si. The van der Waals surface area contributed by atoms with Gasteiger partial charge < -0.3 is 14.1 Å². The first-order valence-corrected chi connectivity index (χ1v) is 13.0. The molecule has 4 nitrogen and oxygen atoms in total. The van der Waals surface area contributed by atoms with Crippen LogP contribution >= 0.6 is 0 Å². The number of carbonyl (C=O) groups is 1. The van der Waals surface area contributed by atoms with Crippen LogP contribution in [0, 0.1) is 20.8 Å². The molecule has 152 valence electrons. The van der Waals surface area contributed by atoms with E-state index in [1.54, 1.807) is 0 Å². The van der Waals surface area contributed by atoms with E-state index >= 15 is 0 Å². The van der Waals surface area contributed by atoms with Crippen LogP contribution in [0.25, 0.3) is 0 Å². The number of anilines is 1. The van der Waals surface area contributed by atoms with Crippen LogP contribution < -0.4 is 4.90 Å². The van der Waals surface area contributed by atoms with Crippen LogP contribution in [0.3, 0.4) is 0 Å². The largest absolute Gasteiger partial charge is 0.414 e. The fourth-order valence-corrected chi connectivity index (χ4v) is 4.23. The van der Waals surface area contributed by atoms with Gasteiger partial charge in [-0.2, -0.15) is 0 Å². The molecule has 1 aliphatic heterocycles. The van der Waals surface area contributed by atoms with Crippen molar-refractivity contribution in [3.05, 3.63) is 28.8 Å². The minimum absolute atomic E-state index is 0.117. The first kappa shape index (κ1) is 22.1. The van der Waals surface area contributed by atoms with Crippen molar-refractivity contribution >= 4 is 19.9 Å². The van der Waals surface area contributed by atoms with E-state index in [2.05, 4.69) is 66.8 Å². The Bertz CT molecular complexity index is 656. The SMILES string of the molecule is Cc1cc(N2C(=O)CC[C@@H]2COCCO[Si](C)(C)C(C)(C)C)cc(C)c1C. The highest BCUT2D eigenvalue weighted by molar-refractivity contribution is 6.74. The Kier molecular flexibility index (Phi) is 6.93. The third-order valence-corrected chi connectivity index (χ3v) is 10.9. The number of carbonyl (C=O) groups excluding carboxylic acids is 1. The van der Waals surface area contributed by atoms with Gasteiger partial charge in [0.15, 0.2) is 8.32 Å². The van der Waals surface area contributed by atoms with Gasteiger partial charge in [-0.25, -0.2) is 0 Å². The second-order valence-corrected chi connectivity index (χ2v) is 14.2. The fraction of sp³-hybridized carbons (Fsp3) is 0.682. The van der Waals surface area contributed by atoms with Crippen LogP contribution in [0.4, 0.5) is 5.69 Å². The highest BCUT2D eigenvalue weighted by Crippen LogP contribution is 2.36. The molecule has 1 fully saturated rings. The van der Waals surface area contributed by atoms with Gasteiger partial charge >= 0.3 is 0 Å². The summed E-state index contributed by atoms with van der Waals surface area (Å²) in [5.41, 5.74) is 4.75. The molecule has 1 amide bonds. The van der Waals surface area contributed by atoms with Crippen molar-refractivity contribution in [3.63, 3.8) is 0 Å². The summed E-state index contributed by atoms with van der Waals surface area (Å²) in [6.07, 6.45) is 1.45. The van der Waals surface area contributed by atoms with Crippen molar-refractivity contribution in [2.45, 2.75) is 78.6 Å². The molecule has 0 aliphatic carbocycles. The summed E-state index contributed by atoms with van der Waals surface area (Å²) < 4.78 is 12.1. The molecule has 1 heterocycles. The van der Waals surface area contributed by atoms with Gasteiger partial charge in [-0.3, -0.25) is 4.79 Å². The van der Waals surface area contributed by atoms with E-state index in [1.807, 2.05) is 4.90 Å². The standard InChI is InChI=1S/C22H37NO3Si/c1-16-13-20(14-17(2)18(16)3)23-19(9-10-21(23)24)15-25-11-12-26-27(7,8)22(4,5)6/h13-14,19H,9-12,15H2,1-8H3/t19-/m1/s1. The van der Waals surface area contributed by atoms with Gasteiger partial charge in [0.2, 0.25) is 5.91 Å². The van der Waals surface area contributed by atoms with Crippen molar-refractivity contribution in [2.24, 2.45) is 0 Å². The predicted molar refractivity (Wildman–Crippen MR) is 115 cm³/mol. The lowest BCUT2D eigenvalue weighted by Crippen LogP contribution is -2.42. The topological polar surface area (TPSA) is 38.8 Å². The average molecular weight is 392 g/mol. The Morgan fingerprint density at radius 3 is 2.26 bits per heavy atom. The molecule has 1 saturated heterocycles. The van der Waals surface area contributed by atoms with E-state index in [-0.39, 0.29) is 17.0 Å². The molecule has 0 N–H and O–H groups in total. The quantitative estimate of drug-likeness (QED) is 0.477. The second kappa shape index (κ2) is 8.46. The minimum Gasteiger partial charge on any atom is -0.414 e. The maximum absolute atomic E-state index is 12.5. The van der Waals surface area contributed by atoms with Gasteiger partial charge in [0, 0.05) is 12.1 Å². The third-order valence-electron chi connectivity index (χ3n) is 6.32. The normalized spacial score (nSPS) is 18.4. The van der Waals surface area contributed by atoms with Gasteiger partial charge in [0.05, 0.1) is 25.9 Å². The second-order valence-electron chi connectivity index (χ2n) is 9.34. The van der Waals surface area contributed by atoms with Crippen molar-refractivity contribution < 1.29 is 14.0 Å². The van der Waals surface area contributed by atoms with Gasteiger partial charge in [0.1, 0.15) is 0 Å². The van der Waals surface area contributed by atoms with E-state index < -0.39 is 8.32 Å². The Morgan fingerprint density at radius 1 is 1.11 bits per heavy atom. The van der Waals surface area contributed by atoms with Crippen molar-refractivity contribution in [1.82, 2.24) is 0 Å². The zero-order chi connectivity index (χ0) is 20.4. The molecule has 1 aromatic carbocycles. The minimum atomic E-state index is -1.73. The number of hydrogen-bond acceptors (Lipinski definition) is 3. The number of benzene rings is 1. The zero-order valence-electron chi connectivity index (χ0n) is 18.4. The highest BCUT2D eigenvalue weighted by Gasteiger charge is 2.37. The molecular weight excluding hydrogens is 354 g/mol. The molecule has 1 atom stereocenters. The van der Waals surface area contributed by atoms with Gasteiger partial charge in [-0.05, 0) is 74.1 Å². The van der Waals surface area contributed by atoms with Crippen LogP contribution in [0.2, 0.25) is 18.1 Å². The molecule has 5 heteroatoms. The van der Waals surface area contributed by atoms with E-state index in [1.165, 1.54) is 16.7 Å². The Morgan fingerprint density at radius 2 is 1.70 bits per heavy atom. The van der Waals surface area contributed by atoms with E-state index in [0.29, 0.717) is 26.2 Å². The smallest absolute Gasteiger partial charge is 0.227 e. The number of aryl methyl sites for hydroxylation is 2. The van der Waals surface area contributed by atoms with Gasteiger partial charge in [-0.15, -0.1) is 0 Å². The number of rotatable bonds is 7. The average Bonchev–Trinajstić information content (AvgIpc) is 2.91. The van der Waals surface area contributed by atoms with Crippen molar-refractivity contribution in [3.8, 4) is 0 Å². The van der Waals surface area contributed by atoms with Crippen LogP contribution in [-0.4, -0.2) is 40.1 Å².